The average Bonchev–Trinajstić information content (AvgIpc) is 2.84. The minimum absolute atomic E-state index is 0.575. The van der Waals surface area contributed by atoms with Crippen LogP contribution in [0.4, 0.5) is 0 Å². The van der Waals surface area contributed by atoms with Gasteiger partial charge in [-0.05, 0) is 53.0 Å². The quantitative estimate of drug-likeness (QED) is 0.779. The average molecular weight is 269 g/mol. The summed E-state index contributed by atoms with van der Waals surface area (Å²) in [5.41, 5.74) is 0. The second-order valence-electron chi connectivity index (χ2n) is 6.35. The summed E-state index contributed by atoms with van der Waals surface area (Å²) < 4.78 is 5.67. The van der Waals surface area contributed by atoms with E-state index in [1.807, 2.05) is 0 Å². The highest BCUT2D eigenvalue weighted by Crippen LogP contribution is 2.19. The Bertz CT molecular complexity index is 252. The van der Waals surface area contributed by atoms with Crippen molar-refractivity contribution in [3.8, 4) is 0 Å². The third-order valence-electron chi connectivity index (χ3n) is 4.64. The molecule has 2 rings (SSSR count). The normalized spacial score (nSPS) is 30.3. The number of likely N-dealkylation sites (tertiary alicyclic amines) is 1. The molecule has 0 spiro atoms. The van der Waals surface area contributed by atoms with Crippen LogP contribution in [0.15, 0.2) is 0 Å². The third kappa shape index (κ3) is 4.42. The topological polar surface area (TPSA) is 27.7 Å². The summed E-state index contributed by atoms with van der Waals surface area (Å²) in [5, 5.41) is 3.64. The van der Waals surface area contributed by atoms with Crippen LogP contribution in [-0.4, -0.2) is 75.4 Å². The lowest BCUT2D eigenvalue weighted by Gasteiger charge is -2.36. The summed E-state index contributed by atoms with van der Waals surface area (Å²) in [6.45, 7) is 8.89. The van der Waals surface area contributed by atoms with E-state index in [0.717, 1.165) is 25.8 Å². The number of nitrogens with one attached hydrogen (secondary N) is 1. The predicted octanol–water partition coefficient (Wildman–Crippen LogP) is 1.03. The Morgan fingerprint density at radius 1 is 1.21 bits per heavy atom. The van der Waals surface area contributed by atoms with Gasteiger partial charge in [0, 0.05) is 24.5 Å². The number of rotatable bonds is 6. The van der Waals surface area contributed by atoms with Crippen LogP contribution in [0.5, 0.6) is 0 Å². The van der Waals surface area contributed by atoms with Gasteiger partial charge in [0.25, 0.3) is 0 Å². The molecule has 4 heteroatoms. The molecular formula is C15H31N3O. The first-order chi connectivity index (χ1) is 9.20. The molecule has 1 N–H and O–H groups in total. The lowest BCUT2D eigenvalue weighted by atomic mass is 9.99. The van der Waals surface area contributed by atoms with Crippen molar-refractivity contribution in [2.75, 3.05) is 53.5 Å². The molecule has 0 aliphatic carbocycles. The number of hydrogen-bond donors (Lipinski definition) is 1. The monoisotopic (exact) mass is 269 g/mol. The van der Waals surface area contributed by atoms with Gasteiger partial charge in [-0.25, -0.2) is 0 Å². The fourth-order valence-electron chi connectivity index (χ4n) is 3.28. The van der Waals surface area contributed by atoms with Gasteiger partial charge < -0.3 is 19.9 Å². The van der Waals surface area contributed by atoms with Crippen LogP contribution in [0.2, 0.25) is 0 Å². The van der Waals surface area contributed by atoms with Crippen LogP contribution in [0.3, 0.4) is 0 Å². The molecule has 0 amide bonds. The molecule has 2 aliphatic rings. The molecule has 0 bridgehead atoms. The highest BCUT2D eigenvalue weighted by molar-refractivity contribution is 4.86. The molecule has 0 aromatic carbocycles. The maximum absolute atomic E-state index is 5.67. The van der Waals surface area contributed by atoms with Crippen LogP contribution in [0.1, 0.15) is 26.2 Å². The highest BCUT2D eigenvalue weighted by Gasteiger charge is 2.30. The van der Waals surface area contributed by atoms with Crippen molar-refractivity contribution in [3.05, 3.63) is 0 Å². The first-order valence-electron chi connectivity index (χ1n) is 7.90. The maximum Gasteiger partial charge on any atom is 0.0623 e. The zero-order valence-corrected chi connectivity index (χ0v) is 12.9. The summed E-state index contributed by atoms with van der Waals surface area (Å²) in [7, 11) is 4.41. The van der Waals surface area contributed by atoms with E-state index in [1.54, 1.807) is 0 Å². The summed E-state index contributed by atoms with van der Waals surface area (Å²) in [5.74, 6) is 0.683. The Labute approximate surface area is 118 Å². The molecule has 0 radical (unpaired) electrons. The van der Waals surface area contributed by atoms with Crippen molar-refractivity contribution in [1.82, 2.24) is 15.1 Å². The lowest BCUT2D eigenvalue weighted by Crippen LogP contribution is -2.47. The van der Waals surface area contributed by atoms with Crippen molar-refractivity contribution in [3.63, 3.8) is 0 Å². The summed E-state index contributed by atoms with van der Waals surface area (Å²) in [6.07, 6.45) is 3.83. The number of ether oxygens (including phenoxy) is 1. The van der Waals surface area contributed by atoms with Gasteiger partial charge in [-0.1, -0.05) is 6.92 Å². The standard InChI is InChI=1S/C15H31N3O/c1-4-7-16-15-12-19-11-13(15)10-18-8-5-14(6-9-18)17(2)3/h13-16H,4-12H2,1-3H3. The van der Waals surface area contributed by atoms with Crippen LogP contribution < -0.4 is 5.32 Å². The molecule has 2 fully saturated rings. The zero-order chi connectivity index (χ0) is 13.7. The fourth-order valence-corrected chi connectivity index (χ4v) is 3.28. The lowest BCUT2D eigenvalue weighted by molar-refractivity contribution is 0.119. The Kier molecular flexibility index (Phi) is 6.07. The molecule has 0 aromatic rings. The van der Waals surface area contributed by atoms with E-state index in [4.69, 9.17) is 4.74 Å². The van der Waals surface area contributed by atoms with E-state index in [1.165, 1.54) is 38.9 Å². The smallest absolute Gasteiger partial charge is 0.0623 e. The van der Waals surface area contributed by atoms with Crippen molar-refractivity contribution < 1.29 is 4.74 Å². The molecular weight excluding hydrogens is 238 g/mol. The van der Waals surface area contributed by atoms with Crippen LogP contribution in [-0.2, 0) is 4.74 Å². The third-order valence-corrected chi connectivity index (χ3v) is 4.64. The van der Waals surface area contributed by atoms with Crippen molar-refractivity contribution in [2.24, 2.45) is 5.92 Å². The maximum atomic E-state index is 5.67. The molecule has 112 valence electrons. The predicted molar refractivity (Wildman–Crippen MR) is 79.5 cm³/mol. The Morgan fingerprint density at radius 3 is 2.58 bits per heavy atom. The molecule has 2 saturated heterocycles. The molecule has 4 nitrogen and oxygen atoms in total. The molecule has 2 aliphatic heterocycles. The number of piperidine rings is 1. The van der Waals surface area contributed by atoms with Gasteiger partial charge >= 0.3 is 0 Å². The number of nitrogens with zero attached hydrogens (tertiary/aromatic N) is 2. The summed E-state index contributed by atoms with van der Waals surface area (Å²) in [4.78, 5) is 5.02. The van der Waals surface area contributed by atoms with Gasteiger partial charge in [0.1, 0.15) is 0 Å². The van der Waals surface area contributed by atoms with E-state index < -0.39 is 0 Å². The van der Waals surface area contributed by atoms with Gasteiger partial charge in [0.2, 0.25) is 0 Å². The molecule has 2 heterocycles. The molecule has 0 aromatic heterocycles. The second kappa shape index (κ2) is 7.58. The van der Waals surface area contributed by atoms with Gasteiger partial charge in [0.15, 0.2) is 0 Å². The Morgan fingerprint density at radius 2 is 1.95 bits per heavy atom. The SMILES string of the molecule is CCCNC1COCC1CN1CCC(N(C)C)CC1. The van der Waals surface area contributed by atoms with Crippen molar-refractivity contribution in [1.29, 1.82) is 0 Å². The Hall–Kier alpha value is -0.160. The van der Waals surface area contributed by atoms with Crippen LogP contribution in [0.25, 0.3) is 0 Å². The minimum atomic E-state index is 0.575. The van der Waals surface area contributed by atoms with E-state index in [0.29, 0.717) is 12.0 Å². The van der Waals surface area contributed by atoms with E-state index >= 15 is 0 Å². The van der Waals surface area contributed by atoms with E-state index in [-0.39, 0.29) is 0 Å². The van der Waals surface area contributed by atoms with E-state index in [2.05, 4.69) is 36.1 Å². The minimum Gasteiger partial charge on any atom is -0.379 e. The highest BCUT2D eigenvalue weighted by atomic mass is 16.5. The Balaban J connectivity index is 1.72. The zero-order valence-electron chi connectivity index (χ0n) is 12.9. The molecule has 0 saturated carbocycles. The molecule has 2 atom stereocenters. The van der Waals surface area contributed by atoms with Gasteiger partial charge in [0.05, 0.1) is 13.2 Å². The second-order valence-corrected chi connectivity index (χ2v) is 6.35. The first-order valence-corrected chi connectivity index (χ1v) is 7.90. The largest absolute Gasteiger partial charge is 0.379 e. The van der Waals surface area contributed by atoms with Gasteiger partial charge in [-0.3, -0.25) is 0 Å². The van der Waals surface area contributed by atoms with Gasteiger partial charge in [-0.2, -0.15) is 0 Å². The van der Waals surface area contributed by atoms with Crippen molar-refractivity contribution >= 4 is 0 Å². The number of hydrogen-bond acceptors (Lipinski definition) is 4. The molecule has 2 unspecified atom stereocenters. The van der Waals surface area contributed by atoms with E-state index in [9.17, 15) is 0 Å². The van der Waals surface area contributed by atoms with Gasteiger partial charge in [-0.15, -0.1) is 0 Å². The van der Waals surface area contributed by atoms with Crippen LogP contribution >= 0.6 is 0 Å². The van der Waals surface area contributed by atoms with Crippen molar-refractivity contribution in [2.45, 2.75) is 38.3 Å². The summed E-state index contributed by atoms with van der Waals surface area (Å²) >= 11 is 0. The van der Waals surface area contributed by atoms with Crippen LogP contribution in [0, 0.1) is 5.92 Å². The summed E-state index contributed by atoms with van der Waals surface area (Å²) in [6, 6.07) is 1.36. The fraction of sp³-hybridized carbons (Fsp3) is 1.00. The first kappa shape index (κ1) is 15.2. The molecule has 19 heavy (non-hydrogen) atoms.